The van der Waals surface area contributed by atoms with Crippen molar-refractivity contribution in [2.24, 2.45) is 5.41 Å². The molecule has 3 heterocycles. The van der Waals surface area contributed by atoms with Gasteiger partial charge in [-0.25, -0.2) is 15.3 Å². The van der Waals surface area contributed by atoms with Crippen molar-refractivity contribution in [3.05, 3.63) is 113 Å². The number of benzene rings is 3. The number of aliphatic hydroxyl groups excluding tert-OH is 1. The Morgan fingerprint density at radius 2 is 1.55 bits per heavy atom. The van der Waals surface area contributed by atoms with Gasteiger partial charge >= 0.3 is 6.03 Å². The first-order chi connectivity index (χ1) is 37.1. The maximum Gasteiger partial charge on any atom is 0.322 e. The van der Waals surface area contributed by atoms with E-state index in [1.165, 1.54) is 24.2 Å². The largest absolute Gasteiger partial charge is 0.494 e. The zero-order chi connectivity index (χ0) is 55.2. The van der Waals surface area contributed by atoms with Crippen LogP contribution in [0, 0.1) is 12.3 Å². The number of aryl methyl sites for hydroxylation is 3. The summed E-state index contributed by atoms with van der Waals surface area (Å²) in [6.45, 7) is 12.4. The second-order valence-electron chi connectivity index (χ2n) is 21.2. The van der Waals surface area contributed by atoms with Crippen LogP contribution in [0.15, 0.2) is 84.5 Å². The fourth-order valence-corrected chi connectivity index (χ4v) is 10.1. The number of nitrogens with one attached hydrogen (secondary N) is 4. The number of amides is 6. The molecule has 1 aliphatic heterocycles. The van der Waals surface area contributed by atoms with E-state index in [-0.39, 0.29) is 49.7 Å². The number of rotatable bonds is 30. The number of hydroxylamine groups is 1. The molecule has 18 nitrogen and oxygen atoms in total. The summed E-state index contributed by atoms with van der Waals surface area (Å²) in [4.78, 5) is 74.3. The van der Waals surface area contributed by atoms with Crippen LogP contribution in [0.2, 0.25) is 0 Å². The second kappa shape index (κ2) is 30.3. The van der Waals surface area contributed by atoms with Crippen molar-refractivity contribution in [2.45, 2.75) is 169 Å². The topological polar surface area (TPSA) is 233 Å². The van der Waals surface area contributed by atoms with Gasteiger partial charge in [0.2, 0.25) is 17.7 Å². The van der Waals surface area contributed by atoms with E-state index in [4.69, 9.17) is 9.94 Å². The van der Waals surface area contributed by atoms with E-state index in [1.807, 2.05) is 92.6 Å². The van der Waals surface area contributed by atoms with Crippen LogP contribution in [-0.2, 0) is 40.4 Å². The normalized spacial score (nSPS) is 14.7. The molecule has 6 amide bonds. The first kappa shape index (κ1) is 59.5. The van der Waals surface area contributed by atoms with Crippen molar-refractivity contribution >= 4 is 46.7 Å². The van der Waals surface area contributed by atoms with Crippen molar-refractivity contribution in [1.29, 1.82) is 0 Å². The number of anilines is 1. The van der Waals surface area contributed by atoms with E-state index in [0.29, 0.717) is 43.8 Å². The average molecular weight is 1080 g/mol. The molecule has 0 aliphatic carbocycles. The second-order valence-corrected chi connectivity index (χ2v) is 22.0. The molecule has 6 N–H and O–H groups in total. The van der Waals surface area contributed by atoms with Gasteiger partial charge in [0.25, 0.3) is 5.91 Å². The van der Waals surface area contributed by atoms with Gasteiger partial charge in [-0.15, -0.1) is 16.4 Å². The highest BCUT2D eigenvalue weighted by Crippen LogP contribution is 2.29. The van der Waals surface area contributed by atoms with Crippen LogP contribution in [0.4, 0.5) is 10.5 Å². The minimum Gasteiger partial charge on any atom is -0.494 e. The van der Waals surface area contributed by atoms with E-state index in [1.54, 1.807) is 46.0 Å². The summed E-state index contributed by atoms with van der Waals surface area (Å²) in [7, 11) is 0. The molecule has 0 radical (unpaired) electrons. The predicted molar refractivity (Wildman–Crippen MR) is 298 cm³/mol. The van der Waals surface area contributed by atoms with Crippen LogP contribution in [-0.4, -0.2) is 108 Å². The highest BCUT2D eigenvalue weighted by molar-refractivity contribution is 7.13. The number of likely N-dealkylation sites (tertiary alicyclic amines) is 1. The van der Waals surface area contributed by atoms with Crippen molar-refractivity contribution in [1.82, 2.24) is 45.9 Å². The minimum absolute atomic E-state index is 0.0202. The lowest BCUT2D eigenvalue weighted by atomic mass is 9.85. The molecule has 0 saturated carbocycles. The Balaban J connectivity index is 0.793. The summed E-state index contributed by atoms with van der Waals surface area (Å²) in [6.07, 6.45) is 14.3. The Morgan fingerprint density at radius 3 is 2.21 bits per heavy atom. The number of ether oxygens (including phenoxy) is 1. The molecular formula is C58H80N10O8S. The van der Waals surface area contributed by atoms with Gasteiger partial charge < -0.3 is 35.6 Å². The highest BCUT2D eigenvalue weighted by Gasteiger charge is 2.44. The third-order valence-electron chi connectivity index (χ3n) is 13.8. The molecule has 2 aromatic heterocycles. The smallest absolute Gasteiger partial charge is 0.322 e. The Bertz CT molecular complexity index is 2630. The van der Waals surface area contributed by atoms with E-state index in [9.17, 15) is 29.1 Å². The highest BCUT2D eigenvalue weighted by atomic mass is 32.1. The predicted octanol–water partition coefficient (Wildman–Crippen LogP) is 9.38. The van der Waals surface area contributed by atoms with Gasteiger partial charge in [0, 0.05) is 63.0 Å². The first-order valence-electron chi connectivity index (χ1n) is 27.4. The molecule has 77 heavy (non-hydrogen) atoms. The summed E-state index contributed by atoms with van der Waals surface area (Å²) in [5.41, 5.74) is 8.53. The van der Waals surface area contributed by atoms with Gasteiger partial charge in [-0.2, -0.15) is 0 Å². The summed E-state index contributed by atoms with van der Waals surface area (Å²) in [6, 6.07) is 20.2. The van der Waals surface area contributed by atoms with Crippen molar-refractivity contribution < 1.29 is 39.0 Å². The van der Waals surface area contributed by atoms with E-state index >= 15 is 0 Å². The fourth-order valence-electron chi connectivity index (χ4n) is 9.28. The van der Waals surface area contributed by atoms with E-state index in [2.05, 4.69) is 38.2 Å². The van der Waals surface area contributed by atoms with E-state index in [0.717, 1.165) is 96.6 Å². The summed E-state index contributed by atoms with van der Waals surface area (Å²) in [5, 5.41) is 37.1. The Hall–Kier alpha value is -6.70. The lowest BCUT2D eigenvalue weighted by molar-refractivity contribution is -0.144. The van der Waals surface area contributed by atoms with Gasteiger partial charge in [0.05, 0.1) is 34.5 Å². The molecule has 1 fully saturated rings. The maximum absolute atomic E-state index is 14.1. The fraction of sp³-hybridized carbons (Fsp3) is 0.517. The third kappa shape index (κ3) is 19.1. The summed E-state index contributed by atoms with van der Waals surface area (Å²) >= 11 is 1.58. The molecule has 5 aromatic rings. The summed E-state index contributed by atoms with van der Waals surface area (Å²) in [5.74, 6) is -0.778. The number of unbranched alkanes of at least 4 members (excludes halogenated alkanes) is 9. The van der Waals surface area contributed by atoms with Gasteiger partial charge in [0.15, 0.2) is 0 Å². The van der Waals surface area contributed by atoms with Crippen molar-refractivity contribution in [3.8, 4) is 16.2 Å². The minimum atomic E-state index is -0.877. The van der Waals surface area contributed by atoms with Gasteiger partial charge in [-0.05, 0) is 104 Å². The van der Waals surface area contributed by atoms with Gasteiger partial charge in [0.1, 0.15) is 17.8 Å². The number of nitrogens with zero attached hydrogens (tertiary/aromatic N) is 6. The molecule has 1 saturated heterocycles. The molecule has 0 spiro atoms. The van der Waals surface area contributed by atoms with E-state index < -0.39 is 29.5 Å². The number of carbonyl (C=O) groups excluding carboxylic acids is 5. The zero-order valence-corrected chi connectivity index (χ0v) is 46.4. The van der Waals surface area contributed by atoms with Crippen LogP contribution < -0.4 is 26.2 Å². The molecule has 19 heteroatoms. The van der Waals surface area contributed by atoms with Crippen LogP contribution in [0.3, 0.4) is 0 Å². The third-order valence-corrected chi connectivity index (χ3v) is 14.8. The zero-order valence-electron chi connectivity index (χ0n) is 45.6. The van der Waals surface area contributed by atoms with Crippen LogP contribution in [0.1, 0.15) is 150 Å². The SMILES string of the molecule is CCCCN(Cc1ccc(C(=O)NO)cc1)C(=O)Nc1ccc(OCCCCCCCCCCn2cc(CCCCC(=O)NC(C(=O)N3CC(O)CC3C(=O)NCc3ccc(-c4scnc4C)cc3)C(C)(C)C)nn2)cc1. The summed E-state index contributed by atoms with van der Waals surface area (Å²) < 4.78 is 7.87. The number of urea groups is 1. The number of β-amino-alcohol motifs (C(OH)–C–C–N with tert-alkyl or cyclic N) is 1. The van der Waals surface area contributed by atoms with Crippen LogP contribution >= 0.6 is 11.3 Å². The number of aromatic nitrogens is 4. The molecule has 3 atom stereocenters. The molecular weight excluding hydrogens is 997 g/mol. The maximum atomic E-state index is 14.1. The lowest BCUT2D eigenvalue weighted by Crippen LogP contribution is -2.57. The van der Waals surface area contributed by atoms with Crippen molar-refractivity contribution in [2.75, 3.05) is 25.0 Å². The Labute approximate surface area is 457 Å². The Kier molecular flexibility index (Phi) is 23.4. The molecule has 416 valence electrons. The van der Waals surface area contributed by atoms with Crippen molar-refractivity contribution in [3.63, 3.8) is 0 Å². The first-order valence-corrected chi connectivity index (χ1v) is 28.3. The monoisotopic (exact) mass is 1080 g/mol. The number of thiazole rings is 1. The number of aliphatic hydroxyl groups is 1. The van der Waals surface area contributed by atoms with Gasteiger partial charge in [-0.3, -0.25) is 29.1 Å². The standard InChI is InChI=1S/C58H80N10O8S/c1-6-7-32-66(37-43-22-26-45(27-23-43)54(71)64-75)57(74)61-46-28-30-49(31-29-46)76-34-17-13-11-9-8-10-12-16-33-67-38-47(63-65-67)18-14-15-19-51(70)62-53(58(3,4)5)56(73)68-39-48(69)35-50(68)55(72)59-36-42-20-24-44(25-21-42)52-41(2)60-40-77-52/h20-31,38,40,48,50,53,69,75H,6-19,32-37,39H2,1-5H3,(H,59,72)(H,61,74)(H,62,70)(H,64,71). The number of hydrogen-bond donors (Lipinski definition) is 6. The Morgan fingerprint density at radius 1 is 0.857 bits per heavy atom. The number of carbonyl (C=O) groups is 5. The van der Waals surface area contributed by atoms with Gasteiger partial charge in [-0.1, -0.05) is 114 Å². The number of hydrogen-bond acceptors (Lipinski definition) is 12. The molecule has 3 unspecified atom stereocenters. The average Bonchev–Trinajstić information content (AvgIpc) is 4.21. The van der Waals surface area contributed by atoms with Crippen LogP contribution in [0.5, 0.6) is 5.75 Å². The molecule has 0 bridgehead atoms. The molecule has 3 aromatic carbocycles. The molecule has 1 aliphatic rings. The lowest BCUT2D eigenvalue weighted by Gasteiger charge is -2.35. The quantitative estimate of drug-likeness (QED) is 0.0144. The molecule has 6 rings (SSSR count). The van der Waals surface area contributed by atoms with Crippen LogP contribution in [0.25, 0.3) is 10.4 Å².